The van der Waals surface area contributed by atoms with Crippen LogP contribution in [0.15, 0.2) is 5.38 Å². The Bertz CT molecular complexity index is 437. The van der Waals surface area contributed by atoms with Crippen LogP contribution in [0, 0.1) is 11.3 Å². The van der Waals surface area contributed by atoms with Gasteiger partial charge in [0.2, 0.25) is 0 Å². The monoisotopic (exact) mass is 293 g/mol. The Kier molecular flexibility index (Phi) is 4.04. The number of hydrogen-bond donors (Lipinski definition) is 1. The van der Waals surface area contributed by atoms with Crippen LogP contribution in [0.5, 0.6) is 0 Å². The minimum Gasteiger partial charge on any atom is -0.348 e. The highest BCUT2D eigenvalue weighted by atomic mass is 32.1. The van der Waals surface area contributed by atoms with E-state index in [-0.39, 0.29) is 0 Å². The lowest BCUT2D eigenvalue weighted by atomic mass is 9.75. The van der Waals surface area contributed by atoms with Crippen LogP contribution >= 0.6 is 11.3 Å². The van der Waals surface area contributed by atoms with Crippen LogP contribution in [0.4, 0.5) is 5.13 Å². The molecule has 0 bridgehead atoms. The number of piperidine rings is 1. The molecule has 2 heterocycles. The fourth-order valence-corrected chi connectivity index (χ4v) is 3.87. The van der Waals surface area contributed by atoms with Crippen molar-refractivity contribution in [1.29, 1.82) is 0 Å². The van der Waals surface area contributed by atoms with E-state index in [1.165, 1.54) is 49.6 Å². The molecule has 1 aromatic rings. The maximum atomic E-state index is 4.80. The maximum absolute atomic E-state index is 4.80. The van der Waals surface area contributed by atoms with E-state index in [0.717, 1.165) is 18.5 Å². The van der Waals surface area contributed by atoms with Gasteiger partial charge in [-0.1, -0.05) is 20.8 Å². The van der Waals surface area contributed by atoms with Gasteiger partial charge < -0.3 is 10.2 Å². The van der Waals surface area contributed by atoms with E-state index in [1.54, 1.807) is 0 Å². The van der Waals surface area contributed by atoms with Gasteiger partial charge >= 0.3 is 0 Å². The van der Waals surface area contributed by atoms with Crippen LogP contribution in [-0.2, 0) is 6.54 Å². The van der Waals surface area contributed by atoms with Crippen molar-refractivity contribution in [3.63, 3.8) is 0 Å². The molecule has 20 heavy (non-hydrogen) atoms. The summed E-state index contributed by atoms with van der Waals surface area (Å²) >= 11 is 1.81. The lowest BCUT2D eigenvalue weighted by molar-refractivity contribution is 0.199. The van der Waals surface area contributed by atoms with Crippen molar-refractivity contribution in [2.24, 2.45) is 11.3 Å². The summed E-state index contributed by atoms with van der Waals surface area (Å²) < 4.78 is 0. The number of anilines is 1. The van der Waals surface area contributed by atoms with Gasteiger partial charge in [-0.15, -0.1) is 11.3 Å². The van der Waals surface area contributed by atoms with E-state index in [4.69, 9.17) is 4.98 Å². The summed E-state index contributed by atoms with van der Waals surface area (Å²) in [5.74, 6) is 0.856. The molecule has 2 aliphatic rings. The van der Waals surface area contributed by atoms with E-state index in [0.29, 0.717) is 5.41 Å². The predicted octanol–water partition coefficient (Wildman–Crippen LogP) is 3.66. The molecule has 1 aliphatic heterocycles. The van der Waals surface area contributed by atoms with E-state index >= 15 is 0 Å². The topological polar surface area (TPSA) is 28.2 Å². The molecule has 3 nitrogen and oxygen atoms in total. The summed E-state index contributed by atoms with van der Waals surface area (Å²) in [5.41, 5.74) is 1.67. The zero-order valence-electron chi connectivity index (χ0n) is 13.0. The first-order chi connectivity index (χ1) is 9.52. The number of hydrogen-bond acceptors (Lipinski definition) is 4. The highest BCUT2D eigenvalue weighted by molar-refractivity contribution is 7.13. The molecular formula is C16H27N3S. The normalized spacial score (nSPS) is 21.4. The summed E-state index contributed by atoms with van der Waals surface area (Å²) in [6.07, 6.45) is 5.30. The van der Waals surface area contributed by atoms with Crippen LogP contribution in [0.25, 0.3) is 0 Å². The van der Waals surface area contributed by atoms with Crippen molar-refractivity contribution in [2.45, 2.75) is 59.0 Å². The Morgan fingerprint density at radius 1 is 1.25 bits per heavy atom. The second-order valence-electron chi connectivity index (χ2n) is 7.40. The van der Waals surface area contributed by atoms with E-state index in [9.17, 15) is 0 Å². The third-order valence-electron chi connectivity index (χ3n) is 4.68. The van der Waals surface area contributed by atoms with Gasteiger partial charge in [0.05, 0.1) is 5.69 Å². The third kappa shape index (κ3) is 3.53. The van der Waals surface area contributed by atoms with Gasteiger partial charge in [-0.3, -0.25) is 0 Å². The molecule has 0 atom stereocenters. The smallest absolute Gasteiger partial charge is 0.185 e. The Balaban J connectivity index is 1.52. The molecule has 3 rings (SSSR count). The van der Waals surface area contributed by atoms with Gasteiger partial charge in [-0.25, -0.2) is 4.98 Å². The van der Waals surface area contributed by atoms with E-state index in [1.807, 2.05) is 11.3 Å². The van der Waals surface area contributed by atoms with Gasteiger partial charge in [0, 0.05) is 31.1 Å². The summed E-state index contributed by atoms with van der Waals surface area (Å²) in [6, 6.07) is 0.766. The molecule has 0 spiro atoms. The minimum atomic E-state index is 0.453. The van der Waals surface area contributed by atoms with Gasteiger partial charge in [0.25, 0.3) is 0 Å². The standard InChI is InChI=1S/C16H27N3S/c1-16(2,3)12-6-8-19(9-7-12)15-18-14(11-20-15)10-17-13-4-5-13/h11-13,17H,4-10H2,1-3H3. The average molecular weight is 293 g/mol. The molecule has 4 heteroatoms. The van der Waals surface area contributed by atoms with E-state index in [2.05, 4.69) is 36.4 Å². The van der Waals surface area contributed by atoms with Crippen molar-refractivity contribution in [1.82, 2.24) is 10.3 Å². The largest absolute Gasteiger partial charge is 0.348 e. The average Bonchev–Trinajstić information content (AvgIpc) is 3.13. The first-order valence-corrected chi connectivity index (χ1v) is 8.83. The van der Waals surface area contributed by atoms with Gasteiger partial charge in [-0.05, 0) is 37.0 Å². The Morgan fingerprint density at radius 3 is 2.55 bits per heavy atom. The van der Waals surface area contributed by atoms with Gasteiger partial charge in [0.1, 0.15) is 0 Å². The summed E-state index contributed by atoms with van der Waals surface area (Å²) in [5, 5.41) is 6.99. The molecule has 0 amide bonds. The van der Waals surface area contributed by atoms with Gasteiger partial charge in [0.15, 0.2) is 5.13 Å². The molecule has 0 unspecified atom stereocenters. The maximum Gasteiger partial charge on any atom is 0.185 e. The first kappa shape index (κ1) is 14.3. The fraction of sp³-hybridized carbons (Fsp3) is 0.812. The molecule has 1 saturated heterocycles. The second-order valence-corrected chi connectivity index (χ2v) is 8.24. The SMILES string of the molecule is CC(C)(C)C1CCN(c2nc(CNC3CC3)cs2)CC1. The molecule has 0 radical (unpaired) electrons. The van der Waals surface area contributed by atoms with Gasteiger partial charge in [-0.2, -0.15) is 0 Å². The number of thiazole rings is 1. The molecule has 1 aromatic heterocycles. The molecular weight excluding hydrogens is 266 g/mol. The highest BCUT2D eigenvalue weighted by Gasteiger charge is 2.29. The molecule has 1 saturated carbocycles. The predicted molar refractivity (Wildman–Crippen MR) is 86.4 cm³/mol. The van der Waals surface area contributed by atoms with Crippen molar-refractivity contribution in [3.8, 4) is 0 Å². The Morgan fingerprint density at radius 2 is 1.95 bits per heavy atom. The Labute approximate surface area is 126 Å². The quantitative estimate of drug-likeness (QED) is 0.918. The van der Waals surface area contributed by atoms with Crippen molar-refractivity contribution in [3.05, 3.63) is 11.1 Å². The van der Waals surface area contributed by atoms with Crippen molar-refractivity contribution in [2.75, 3.05) is 18.0 Å². The Hall–Kier alpha value is -0.610. The summed E-state index contributed by atoms with van der Waals surface area (Å²) in [7, 11) is 0. The summed E-state index contributed by atoms with van der Waals surface area (Å²) in [6.45, 7) is 10.4. The van der Waals surface area contributed by atoms with Crippen LogP contribution in [0.1, 0.15) is 52.1 Å². The molecule has 112 valence electrons. The number of nitrogens with one attached hydrogen (secondary N) is 1. The first-order valence-electron chi connectivity index (χ1n) is 7.95. The van der Waals surface area contributed by atoms with Crippen LogP contribution in [0.2, 0.25) is 0 Å². The van der Waals surface area contributed by atoms with Crippen LogP contribution < -0.4 is 10.2 Å². The van der Waals surface area contributed by atoms with E-state index < -0.39 is 0 Å². The molecule has 1 N–H and O–H groups in total. The third-order valence-corrected chi connectivity index (χ3v) is 5.63. The zero-order valence-corrected chi connectivity index (χ0v) is 13.8. The molecule has 1 aliphatic carbocycles. The fourth-order valence-electron chi connectivity index (χ4n) is 3.00. The number of nitrogens with zero attached hydrogens (tertiary/aromatic N) is 2. The summed E-state index contributed by atoms with van der Waals surface area (Å²) in [4.78, 5) is 7.28. The number of aromatic nitrogens is 1. The highest BCUT2D eigenvalue weighted by Crippen LogP contribution is 2.36. The lowest BCUT2D eigenvalue weighted by Crippen LogP contribution is -2.38. The van der Waals surface area contributed by atoms with Crippen LogP contribution in [0.3, 0.4) is 0 Å². The van der Waals surface area contributed by atoms with Crippen LogP contribution in [-0.4, -0.2) is 24.1 Å². The second kappa shape index (κ2) is 5.64. The molecule has 0 aromatic carbocycles. The zero-order chi connectivity index (χ0) is 14.2. The molecule has 2 fully saturated rings. The minimum absolute atomic E-state index is 0.453. The van der Waals surface area contributed by atoms with Crippen molar-refractivity contribution < 1.29 is 0 Å². The number of rotatable bonds is 4. The van der Waals surface area contributed by atoms with Crippen molar-refractivity contribution >= 4 is 16.5 Å². The lowest BCUT2D eigenvalue weighted by Gasteiger charge is -2.38.